The number of carbonyl (C=O) groups excluding carboxylic acids is 3. The molecule has 0 bridgehead atoms. The van der Waals surface area contributed by atoms with Gasteiger partial charge >= 0.3 is 17.9 Å². The fourth-order valence-electron chi connectivity index (χ4n) is 8.71. The van der Waals surface area contributed by atoms with E-state index in [9.17, 15) is 14.4 Å². The predicted octanol–water partition coefficient (Wildman–Crippen LogP) is 20.5. The third-order valence-corrected chi connectivity index (χ3v) is 13.2. The lowest BCUT2D eigenvalue weighted by atomic mass is 10.0. The zero-order chi connectivity index (χ0) is 51.4. The van der Waals surface area contributed by atoms with Crippen molar-refractivity contribution in [3.05, 3.63) is 72.9 Å². The van der Waals surface area contributed by atoms with Crippen LogP contribution in [-0.2, 0) is 28.6 Å². The molecule has 0 saturated carbocycles. The molecular formula is C65H114O6. The van der Waals surface area contributed by atoms with Crippen molar-refractivity contribution in [2.45, 2.75) is 309 Å². The molecule has 0 aliphatic carbocycles. The molecular weight excluding hydrogens is 877 g/mol. The molecule has 0 radical (unpaired) electrons. The van der Waals surface area contributed by atoms with Crippen LogP contribution in [0.15, 0.2) is 72.9 Å². The van der Waals surface area contributed by atoms with Gasteiger partial charge in [0.15, 0.2) is 6.10 Å². The van der Waals surface area contributed by atoms with Gasteiger partial charge in [-0.15, -0.1) is 0 Å². The molecule has 6 heteroatoms. The van der Waals surface area contributed by atoms with Crippen molar-refractivity contribution >= 4 is 17.9 Å². The minimum Gasteiger partial charge on any atom is -0.462 e. The number of allylic oxidation sites excluding steroid dienone is 12. The van der Waals surface area contributed by atoms with Gasteiger partial charge in [-0.05, 0) is 57.8 Å². The molecule has 0 saturated heterocycles. The molecule has 1 atom stereocenters. The van der Waals surface area contributed by atoms with Gasteiger partial charge in [0, 0.05) is 19.3 Å². The Hall–Kier alpha value is -3.15. The first-order valence-corrected chi connectivity index (χ1v) is 30.4. The zero-order valence-corrected chi connectivity index (χ0v) is 47.0. The molecule has 0 unspecified atom stereocenters. The molecule has 0 heterocycles. The lowest BCUT2D eigenvalue weighted by Crippen LogP contribution is -2.30. The molecule has 0 aromatic rings. The summed E-state index contributed by atoms with van der Waals surface area (Å²) in [5.74, 6) is -0.966. The van der Waals surface area contributed by atoms with Crippen LogP contribution in [0, 0.1) is 0 Å². The summed E-state index contributed by atoms with van der Waals surface area (Å²) in [4.78, 5) is 38.2. The Labute approximate surface area is 440 Å². The number of esters is 3. The van der Waals surface area contributed by atoms with Gasteiger partial charge in [0.2, 0.25) is 0 Å². The summed E-state index contributed by atoms with van der Waals surface area (Å²) >= 11 is 0. The Bertz CT molecular complexity index is 1320. The van der Waals surface area contributed by atoms with E-state index in [-0.39, 0.29) is 37.5 Å². The summed E-state index contributed by atoms with van der Waals surface area (Å²) in [6.07, 6.45) is 76.2. The van der Waals surface area contributed by atoms with Gasteiger partial charge in [-0.2, -0.15) is 0 Å². The highest BCUT2D eigenvalue weighted by Crippen LogP contribution is 2.17. The molecule has 0 aliphatic rings. The van der Waals surface area contributed by atoms with E-state index in [0.29, 0.717) is 19.3 Å². The fourth-order valence-corrected chi connectivity index (χ4v) is 8.71. The van der Waals surface area contributed by atoms with E-state index >= 15 is 0 Å². The van der Waals surface area contributed by atoms with Crippen molar-refractivity contribution in [2.24, 2.45) is 0 Å². The zero-order valence-electron chi connectivity index (χ0n) is 47.0. The van der Waals surface area contributed by atoms with Gasteiger partial charge in [-0.1, -0.05) is 299 Å². The molecule has 0 rings (SSSR count). The third-order valence-electron chi connectivity index (χ3n) is 13.2. The standard InChI is InChI=1S/C65H114O6/c1-4-7-10-13-16-19-22-25-28-30-32-34-37-40-43-46-49-52-55-58-64(67)70-61-62(60-69-63(66)57-54-51-48-45-42-39-36-27-24-21-18-15-12-9-6-3)71-65(68)59-56-53-50-47-44-41-38-35-33-31-29-26-23-20-17-14-11-8-5-2/h7,10,16,19,25,28,32,34,40,43,49,52,62H,4-6,8-9,11-15,17-18,20-24,26-27,29-31,33,35-39,41-42,44-48,50-51,53-61H2,1-3H3/b10-7-,19-16-,28-25-,34-32-,43-40-,52-49-/t62-/m0/s1. The van der Waals surface area contributed by atoms with Gasteiger partial charge in [-0.25, -0.2) is 0 Å². The van der Waals surface area contributed by atoms with Crippen molar-refractivity contribution in [1.29, 1.82) is 0 Å². The maximum absolute atomic E-state index is 12.9. The molecule has 71 heavy (non-hydrogen) atoms. The second-order valence-corrected chi connectivity index (χ2v) is 20.2. The van der Waals surface area contributed by atoms with Crippen LogP contribution in [-0.4, -0.2) is 37.2 Å². The second-order valence-electron chi connectivity index (χ2n) is 20.2. The first-order chi connectivity index (χ1) is 35.0. The fraction of sp³-hybridized carbons (Fsp3) is 0.769. The van der Waals surface area contributed by atoms with Crippen molar-refractivity contribution in [3.63, 3.8) is 0 Å². The molecule has 0 amide bonds. The van der Waals surface area contributed by atoms with Crippen LogP contribution in [0.3, 0.4) is 0 Å². The topological polar surface area (TPSA) is 78.9 Å². The maximum Gasteiger partial charge on any atom is 0.306 e. The summed E-state index contributed by atoms with van der Waals surface area (Å²) in [6, 6.07) is 0. The Morgan fingerprint density at radius 2 is 0.549 bits per heavy atom. The molecule has 410 valence electrons. The largest absolute Gasteiger partial charge is 0.462 e. The number of rotatable bonds is 55. The predicted molar refractivity (Wildman–Crippen MR) is 307 cm³/mol. The summed E-state index contributed by atoms with van der Waals surface area (Å²) < 4.78 is 16.8. The summed E-state index contributed by atoms with van der Waals surface area (Å²) in [6.45, 7) is 6.50. The quantitative estimate of drug-likeness (QED) is 0.0261. The second kappa shape index (κ2) is 59.4. The van der Waals surface area contributed by atoms with Crippen molar-refractivity contribution in [1.82, 2.24) is 0 Å². The first kappa shape index (κ1) is 67.8. The number of hydrogen-bond donors (Lipinski definition) is 0. The summed E-state index contributed by atoms with van der Waals surface area (Å²) in [7, 11) is 0. The van der Waals surface area contributed by atoms with E-state index in [0.717, 1.165) is 77.0 Å². The van der Waals surface area contributed by atoms with E-state index in [1.807, 2.05) is 6.08 Å². The molecule has 0 N–H and O–H groups in total. The Morgan fingerprint density at radius 3 is 0.859 bits per heavy atom. The van der Waals surface area contributed by atoms with Crippen LogP contribution >= 0.6 is 0 Å². The van der Waals surface area contributed by atoms with Crippen molar-refractivity contribution in [2.75, 3.05) is 13.2 Å². The number of unbranched alkanes of at least 4 members (excludes halogenated alkanes) is 32. The average molecular weight is 992 g/mol. The van der Waals surface area contributed by atoms with E-state index < -0.39 is 6.10 Å². The maximum atomic E-state index is 12.9. The van der Waals surface area contributed by atoms with E-state index in [2.05, 4.69) is 87.6 Å². The molecule has 0 aromatic heterocycles. The highest BCUT2D eigenvalue weighted by Gasteiger charge is 2.19. The normalized spacial score (nSPS) is 12.5. The number of ether oxygens (including phenoxy) is 3. The van der Waals surface area contributed by atoms with Crippen LogP contribution in [0.4, 0.5) is 0 Å². The lowest BCUT2D eigenvalue weighted by molar-refractivity contribution is -0.166. The molecule has 0 aromatic carbocycles. The average Bonchev–Trinajstić information content (AvgIpc) is 3.37. The van der Waals surface area contributed by atoms with Crippen molar-refractivity contribution < 1.29 is 28.6 Å². The first-order valence-electron chi connectivity index (χ1n) is 30.4. The van der Waals surface area contributed by atoms with Crippen LogP contribution < -0.4 is 0 Å². The van der Waals surface area contributed by atoms with Gasteiger partial charge in [0.05, 0.1) is 0 Å². The summed E-state index contributed by atoms with van der Waals surface area (Å²) in [5.41, 5.74) is 0. The van der Waals surface area contributed by atoms with Crippen molar-refractivity contribution in [3.8, 4) is 0 Å². The third kappa shape index (κ3) is 57.6. The highest BCUT2D eigenvalue weighted by molar-refractivity contribution is 5.71. The number of carbonyl (C=O) groups is 3. The monoisotopic (exact) mass is 991 g/mol. The Kier molecular flexibility index (Phi) is 56.8. The van der Waals surface area contributed by atoms with Crippen LogP contribution in [0.2, 0.25) is 0 Å². The molecule has 0 fully saturated rings. The summed E-state index contributed by atoms with van der Waals surface area (Å²) in [5, 5.41) is 0. The van der Waals surface area contributed by atoms with E-state index in [1.54, 1.807) is 0 Å². The number of hydrogen-bond acceptors (Lipinski definition) is 6. The van der Waals surface area contributed by atoms with Crippen LogP contribution in [0.5, 0.6) is 0 Å². The van der Waals surface area contributed by atoms with Gasteiger partial charge < -0.3 is 14.2 Å². The van der Waals surface area contributed by atoms with E-state index in [4.69, 9.17) is 14.2 Å². The SMILES string of the molecule is CC/C=C\C/C=C\C/C=C\C/C=C\C/C=C\C/C=C\CCC(=O)OC[C@H](COC(=O)CCCCCCCCCCCCCCCCC)OC(=O)CCCCCCCCCCCCCCCCCCCCC. The minimum absolute atomic E-state index is 0.0943. The Balaban J connectivity index is 4.44. The molecule has 0 spiro atoms. The van der Waals surface area contributed by atoms with Crippen LogP contribution in [0.1, 0.15) is 303 Å². The van der Waals surface area contributed by atoms with Crippen LogP contribution in [0.25, 0.3) is 0 Å². The van der Waals surface area contributed by atoms with Gasteiger partial charge in [-0.3, -0.25) is 14.4 Å². The smallest absolute Gasteiger partial charge is 0.306 e. The van der Waals surface area contributed by atoms with Gasteiger partial charge in [0.25, 0.3) is 0 Å². The van der Waals surface area contributed by atoms with Gasteiger partial charge in [0.1, 0.15) is 13.2 Å². The lowest BCUT2D eigenvalue weighted by Gasteiger charge is -2.18. The molecule has 6 nitrogen and oxygen atoms in total. The van der Waals surface area contributed by atoms with E-state index in [1.165, 1.54) is 180 Å². The Morgan fingerprint density at radius 1 is 0.296 bits per heavy atom. The minimum atomic E-state index is -0.803. The molecule has 0 aliphatic heterocycles. The highest BCUT2D eigenvalue weighted by atomic mass is 16.6.